The van der Waals surface area contributed by atoms with Crippen molar-refractivity contribution in [3.8, 4) is 11.5 Å². The fourth-order valence-corrected chi connectivity index (χ4v) is 2.76. The van der Waals surface area contributed by atoms with Gasteiger partial charge in [-0.25, -0.2) is 0 Å². The lowest BCUT2D eigenvalue weighted by Gasteiger charge is -2.30. The number of rotatable bonds is 4. The Labute approximate surface area is 128 Å². The van der Waals surface area contributed by atoms with Gasteiger partial charge in [0.25, 0.3) is 0 Å². The third kappa shape index (κ3) is 3.33. The summed E-state index contributed by atoms with van der Waals surface area (Å²) in [6.07, 6.45) is 3.95. The van der Waals surface area contributed by atoms with Gasteiger partial charge in [-0.1, -0.05) is 11.6 Å². The van der Waals surface area contributed by atoms with Crippen LogP contribution in [0.4, 0.5) is 5.95 Å². The van der Waals surface area contributed by atoms with Gasteiger partial charge in [0.15, 0.2) is 5.82 Å². The van der Waals surface area contributed by atoms with Gasteiger partial charge in [0.1, 0.15) is 5.69 Å². The van der Waals surface area contributed by atoms with E-state index in [2.05, 4.69) is 30.4 Å². The number of pyridine rings is 1. The van der Waals surface area contributed by atoms with Gasteiger partial charge in [0, 0.05) is 19.3 Å². The van der Waals surface area contributed by atoms with Crippen LogP contribution in [0.5, 0.6) is 0 Å². The Bertz CT molecular complexity index is 573. The molecule has 21 heavy (non-hydrogen) atoms. The zero-order valence-corrected chi connectivity index (χ0v) is 12.8. The van der Waals surface area contributed by atoms with Crippen molar-refractivity contribution >= 4 is 17.5 Å². The Morgan fingerprint density at radius 1 is 1.38 bits per heavy atom. The molecule has 2 aromatic heterocycles. The van der Waals surface area contributed by atoms with Gasteiger partial charge in [0.2, 0.25) is 5.95 Å². The predicted molar refractivity (Wildman–Crippen MR) is 83.5 cm³/mol. The average molecular weight is 307 g/mol. The van der Waals surface area contributed by atoms with Gasteiger partial charge in [-0.15, -0.1) is 5.10 Å². The van der Waals surface area contributed by atoms with Crippen molar-refractivity contribution in [2.75, 3.05) is 31.6 Å². The number of hydrogen-bond donors (Lipinski definition) is 2. The van der Waals surface area contributed by atoms with E-state index in [1.54, 1.807) is 12.3 Å². The molecule has 3 heterocycles. The van der Waals surface area contributed by atoms with E-state index in [1.165, 1.54) is 12.8 Å². The molecule has 1 aliphatic heterocycles. The van der Waals surface area contributed by atoms with Crippen molar-refractivity contribution in [2.45, 2.75) is 12.8 Å². The zero-order chi connectivity index (χ0) is 14.7. The van der Waals surface area contributed by atoms with E-state index in [9.17, 15) is 0 Å². The minimum absolute atomic E-state index is 0.616. The van der Waals surface area contributed by atoms with Crippen LogP contribution in [0.1, 0.15) is 12.8 Å². The summed E-state index contributed by atoms with van der Waals surface area (Å²) in [5.74, 6) is 2.19. The monoisotopic (exact) mass is 306 g/mol. The summed E-state index contributed by atoms with van der Waals surface area (Å²) in [7, 11) is 2.01. The first-order valence-electron chi connectivity index (χ1n) is 7.20. The summed E-state index contributed by atoms with van der Waals surface area (Å²) in [4.78, 5) is 11.0. The van der Waals surface area contributed by atoms with Crippen molar-refractivity contribution in [2.24, 2.45) is 5.92 Å². The van der Waals surface area contributed by atoms with Crippen molar-refractivity contribution < 1.29 is 0 Å². The van der Waals surface area contributed by atoms with E-state index in [-0.39, 0.29) is 0 Å². The fourth-order valence-electron chi connectivity index (χ4n) is 2.65. The highest BCUT2D eigenvalue weighted by Gasteiger charge is 2.21. The smallest absolute Gasteiger partial charge is 0.245 e. The number of nitrogens with zero attached hydrogens (tertiary/aromatic N) is 4. The van der Waals surface area contributed by atoms with Crippen LogP contribution in [0, 0.1) is 5.92 Å². The standard InChI is InChI=1S/C14H19ClN6/c1-16-8-10-4-6-21(7-5-10)14-18-13(19-20-14)12-3-2-11(15)9-17-12/h2-3,9-10,16H,4-8H2,1H3,(H,18,19,20). The summed E-state index contributed by atoms with van der Waals surface area (Å²) in [5, 5.41) is 11.1. The molecule has 0 spiro atoms. The Balaban J connectivity index is 1.67. The van der Waals surface area contributed by atoms with Crippen LogP contribution >= 0.6 is 11.6 Å². The van der Waals surface area contributed by atoms with E-state index >= 15 is 0 Å². The van der Waals surface area contributed by atoms with Crippen LogP contribution in [0.3, 0.4) is 0 Å². The summed E-state index contributed by atoms with van der Waals surface area (Å²) in [6, 6.07) is 3.64. The van der Waals surface area contributed by atoms with E-state index in [0.29, 0.717) is 10.8 Å². The molecule has 3 rings (SSSR count). The molecule has 1 aliphatic rings. The highest BCUT2D eigenvalue weighted by atomic mass is 35.5. The molecule has 0 aliphatic carbocycles. The predicted octanol–water partition coefficient (Wildman–Crippen LogP) is 1.96. The topological polar surface area (TPSA) is 69.7 Å². The van der Waals surface area contributed by atoms with E-state index in [1.807, 2.05) is 13.1 Å². The van der Waals surface area contributed by atoms with Crippen LogP contribution in [0.2, 0.25) is 5.02 Å². The molecule has 1 fully saturated rings. The number of H-pyrrole nitrogens is 1. The average Bonchev–Trinajstić information content (AvgIpc) is 2.99. The van der Waals surface area contributed by atoms with Gasteiger partial charge in [-0.2, -0.15) is 4.98 Å². The number of nitrogens with one attached hydrogen (secondary N) is 2. The van der Waals surface area contributed by atoms with Gasteiger partial charge in [-0.05, 0) is 44.5 Å². The molecule has 0 atom stereocenters. The molecule has 0 bridgehead atoms. The Hall–Kier alpha value is -1.66. The molecule has 2 N–H and O–H groups in total. The number of aromatic nitrogens is 4. The van der Waals surface area contributed by atoms with Gasteiger partial charge < -0.3 is 10.2 Å². The van der Waals surface area contributed by atoms with Crippen LogP contribution in [0.25, 0.3) is 11.5 Å². The van der Waals surface area contributed by atoms with Gasteiger partial charge >= 0.3 is 0 Å². The Kier molecular flexibility index (Phi) is 4.36. The first-order chi connectivity index (χ1) is 10.3. The second kappa shape index (κ2) is 6.41. The van der Waals surface area contributed by atoms with Crippen molar-refractivity contribution in [3.63, 3.8) is 0 Å². The molecule has 112 valence electrons. The zero-order valence-electron chi connectivity index (χ0n) is 12.0. The third-order valence-corrected chi connectivity index (χ3v) is 4.06. The number of hydrogen-bond acceptors (Lipinski definition) is 5. The highest BCUT2D eigenvalue weighted by Crippen LogP contribution is 2.22. The first-order valence-corrected chi connectivity index (χ1v) is 7.58. The molecule has 0 aromatic carbocycles. The van der Waals surface area contributed by atoms with Crippen LogP contribution in [-0.4, -0.2) is 46.8 Å². The fraction of sp³-hybridized carbons (Fsp3) is 0.500. The molecule has 2 aromatic rings. The summed E-state index contributed by atoms with van der Waals surface area (Å²) in [5.41, 5.74) is 0.753. The maximum atomic E-state index is 5.84. The molecule has 6 nitrogen and oxygen atoms in total. The quantitative estimate of drug-likeness (QED) is 0.903. The number of aromatic amines is 1. The minimum atomic E-state index is 0.616. The molecular weight excluding hydrogens is 288 g/mol. The SMILES string of the molecule is CNCC1CCN(c2n[nH]c(-c3ccc(Cl)cn3)n2)CC1. The summed E-state index contributed by atoms with van der Waals surface area (Å²) < 4.78 is 0. The van der Waals surface area contributed by atoms with Gasteiger partial charge in [-0.3, -0.25) is 10.1 Å². The van der Waals surface area contributed by atoms with Crippen molar-refractivity contribution in [1.82, 2.24) is 25.5 Å². The molecule has 7 heteroatoms. The minimum Gasteiger partial charge on any atom is -0.340 e. The van der Waals surface area contributed by atoms with Crippen LogP contribution in [-0.2, 0) is 0 Å². The third-order valence-electron chi connectivity index (χ3n) is 3.83. The Morgan fingerprint density at radius 3 is 2.86 bits per heavy atom. The highest BCUT2D eigenvalue weighted by molar-refractivity contribution is 6.30. The largest absolute Gasteiger partial charge is 0.340 e. The van der Waals surface area contributed by atoms with E-state index in [0.717, 1.165) is 37.2 Å². The lowest BCUT2D eigenvalue weighted by Crippen LogP contribution is -2.37. The molecule has 0 radical (unpaired) electrons. The summed E-state index contributed by atoms with van der Waals surface area (Å²) >= 11 is 5.84. The lowest BCUT2D eigenvalue weighted by atomic mass is 9.97. The lowest BCUT2D eigenvalue weighted by molar-refractivity contribution is 0.391. The maximum Gasteiger partial charge on any atom is 0.245 e. The second-order valence-corrected chi connectivity index (χ2v) is 5.77. The van der Waals surface area contributed by atoms with Crippen LogP contribution in [0.15, 0.2) is 18.3 Å². The van der Waals surface area contributed by atoms with Crippen molar-refractivity contribution in [3.05, 3.63) is 23.4 Å². The molecular formula is C14H19ClN6. The normalized spacial score (nSPS) is 16.4. The number of anilines is 1. The van der Waals surface area contributed by atoms with E-state index in [4.69, 9.17) is 11.6 Å². The second-order valence-electron chi connectivity index (χ2n) is 5.33. The number of halogens is 1. The maximum absolute atomic E-state index is 5.84. The molecule has 0 amide bonds. The molecule has 0 saturated carbocycles. The van der Waals surface area contributed by atoms with Gasteiger partial charge in [0.05, 0.1) is 5.02 Å². The molecule has 0 unspecified atom stereocenters. The van der Waals surface area contributed by atoms with E-state index < -0.39 is 0 Å². The Morgan fingerprint density at radius 2 is 2.19 bits per heavy atom. The number of piperidine rings is 1. The van der Waals surface area contributed by atoms with Crippen molar-refractivity contribution in [1.29, 1.82) is 0 Å². The van der Waals surface area contributed by atoms with Crippen LogP contribution < -0.4 is 10.2 Å². The first kappa shape index (κ1) is 14.3. The summed E-state index contributed by atoms with van der Waals surface area (Å²) in [6.45, 7) is 3.08. The molecule has 1 saturated heterocycles.